The highest BCUT2D eigenvalue weighted by atomic mass is 35.5. The smallest absolute Gasteiger partial charge is 0.275 e. The molecule has 0 unspecified atom stereocenters. The van der Waals surface area contributed by atoms with Crippen LogP contribution in [0.2, 0.25) is 0 Å². The van der Waals surface area contributed by atoms with Crippen LogP contribution in [-0.2, 0) is 5.88 Å². The Labute approximate surface area is 274 Å². The van der Waals surface area contributed by atoms with Crippen LogP contribution in [0.4, 0.5) is 5.69 Å². The van der Waals surface area contributed by atoms with Crippen molar-refractivity contribution < 1.29 is 23.0 Å². The number of amides is 1. The average molecular weight is 693 g/mol. The lowest BCUT2D eigenvalue weighted by molar-refractivity contribution is 0.102. The van der Waals surface area contributed by atoms with E-state index in [0.717, 1.165) is 4.09 Å². The van der Waals surface area contributed by atoms with Crippen LogP contribution < -0.4 is 5.32 Å². The Hall–Kier alpha value is -4.25. The third kappa shape index (κ3) is 5.24. The van der Waals surface area contributed by atoms with Crippen molar-refractivity contribution in [2.45, 2.75) is 15.7 Å². The summed E-state index contributed by atoms with van der Waals surface area (Å²) in [4.78, 5) is 22.7. The number of hydrogen-bond donors (Lipinski definition) is 5. The fraction of sp³-hybridized carbons (Fsp3) is 0.0323. The van der Waals surface area contributed by atoms with E-state index in [2.05, 4.69) is 20.4 Å². The SMILES string of the molecule is O=C(Nc1cc(-c2ccnc3c2ccn3S(O)(O)c2ccccc2)cc2c1cnn2S(O)(O)c1ccccc1)c1csc(CCl)n1. The third-order valence-corrected chi connectivity index (χ3v) is 12.0. The quantitative estimate of drug-likeness (QED) is 0.0990. The Balaban J connectivity index is 1.41. The first-order chi connectivity index (χ1) is 22.2. The zero-order chi connectivity index (χ0) is 32.1. The van der Waals surface area contributed by atoms with Gasteiger partial charge in [-0.3, -0.25) is 23.0 Å². The molecular weight excluding hydrogens is 668 g/mol. The summed E-state index contributed by atoms with van der Waals surface area (Å²) >= 11 is 7.17. The minimum Gasteiger partial charge on any atom is -0.320 e. The van der Waals surface area contributed by atoms with Gasteiger partial charge in [0.1, 0.15) is 10.7 Å². The first-order valence-corrected chi connectivity index (χ1v) is 18.1. The largest absolute Gasteiger partial charge is 0.320 e. The number of fused-ring (bicyclic) bond motifs is 2. The average Bonchev–Trinajstić information content (AvgIpc) is 3.84. The summed E-state index contributed by atoms with van der Waals surface area (Å²) < 4.78 is 47.9. The van der Waals surface area contributed by atoms with Gasteiger partial charge in [0.05, 0.1) is 33.1 Å². The Morgan fingerprint density at radius 2 is 1.59 bits per heavy atom. The number of pyridine rings is 1. The number of thiazole rings is 1. The van der Waals surface area contributed by atoms with Crippen LogP contribution in [0.3, 0.4) is 0 Å². The van der Waals surface area contributed by atoms with Gasteiger partial charge in [-0.25, -0.2) is 13.9 Å². The van der Waals surface area contributed by atoms with Crippen molar-refractivity contribution in [1.29, 1.82) is 0 Å². The molecule has 0 atom stereocenters. The van der Waals surface area contributed by atoms with Crippen LogP contribution in [0.25, 0.3) is 33.1 Å². The number of anilines is 1. The second-order valence-corrected chi connectivity index (χ2v) is 15.1. The summed E-state index contributed by atoms with van der Waals surface area (Å²) in [6.07, 6.45) is 4.58. The number of nitrogens with zero attached hydrogens (tertiary/aromatic N) is 5. The Morgan fingerprint density at radius 3 is 2.26 bits per heavy atom. The van der Waals surface area contributed by atoms with E-state index in [1.165, 1.54) is 21.5 Å². The molecule has 1 amide bonds. The Kier molecular flexibility index (Phi) is 7.83. The van der Waals surface area contributed by atoms with E-state index >= 15 is 0 Å². The summed E-state index contributed by atoms with van der Waals surface area (Å²) in [5, 5.41) is 10.5. The molecule has 11 nitrogen and oxygen atoms in total. The van der Waals surface area contributed by atoms with Gasteiger partial charge in [0.15, 0.2) is 5.65 Å². The van der Waals surface area contributed by atoms with Crippen molar-refractivity contribution in [1.82, 2.24) is 23.1 Å². The van der Waals surface area contributed by atoms with E-state index in [9.17, 15) is 23.0 Å². The van der Waals surface area contributed by atoms with Crippen molar-refractivity contribution in [3.05, 3.63) is 120 Å². The highest BCUT2D eigenvalue weighted by Crippen LogP contribution is 2.53. The van der Waals surface area contributed by atoms with Crippen molar-refractivity contribution in [2.75, 3.05) is 5.32 Å². The molecule has 4 aromatic heterocycles. The molecule has 0 spiro atoms. The number of nitrogens with one attached hydrogen (secondary N) is 1. The zero-order valence-electron chi connectivity index (χ0n) is 23.6. The van der Waals surface area contributed by atoms with E-state index in [-0.39, 0.29) is 16.5 Å². The number of aromatic nitrogens is 5. The van der Waals surface area contributed by atoms with Gasteiger partial charge in [-0.2, -0.15) is 9.19 Å². The van der Waals surface area contributed by atoms with Gasteiger partial charge in [-0.15, -0.1) is 22.9 Å². The molecule has 0 fully saturated rings. The van der Waals surface area contributed by atoms with Gasteiger partial charge in [0.25, 0.3) is 5.91 Å². The van der Waals surface area contributed by atoms with E-state index in [4.69, 9.17) is 11.6 Å². The Morgan fingerprint density at radius 1 is 0.891 bits per heavy atom. The molecular formula is C31H25ClN6O5S3. The normalized spacial score (nSPS) is 12.9. The summed E-state index contributed by atoms with van der Waals surface area (Å²) in [6, 6.07) is 23.9. The monoisotopic (exact) mass is 692 g/mol. The van der Waals surface area contributed by atoms with Crippen LogP contribution in [0.15, 0.2) is 119 Å². The molecule has 0 radical (unpaired) electrons. The molecule has 0 saturated heterocycles. The number of hydrogen-bond acceptors (Lipinski definition) is 9. The number of halogens is 1. The lowest BCUT2D eigenvalue weighted by atomic mass is 10.0. The first-order valence-electron chi connectivity index (χ1n) is 13.7. The molecule has 15 heteroatoms. The second-order valence-electron chi connectivity index (χ2n) is 10.1. The number of rotatable bonds is 8. The highest BCUT2D eigenvalue weighted by Gasteiger charge is 2.26. The molecule has 46 heavy (non-hydrogen) atoms. The van der Waals surface area contributed by atoms with Crippen LogP contribution in [-0.4, -0.2) is 47.2 Å². The predicted molar refractivity (Wildman–Crippen MR) is 184 cm³/mol. The first kappa shape index (κ1) is 30.4. The number of carbonyl (C=O) groups is 1. The molecule has 7 aromatic rings. The van der Waals surface area contributed by atoms with Crippen molar-refractivity contribution in [2.24, 2.45) is 0 Å². The van der Waals surface area contributed by atoms with Gasteiger partial charge in [-0.05, 0) is 59.7 Å². The van der Waals surface area contributed by atoms with E-state index in [1.807, 2.05) is 0 Å². The lowest BCUT2D eigenvalue weighted by Gasteiger charge is -2.33. The number of alkyl halides is 1. The molecule has 0 saturated carbocycles. The topological polar surface area (TPSA) is 159 Å². The van der Waals surface area contributed by atoms with Crippen LogP contribution in [0.5, 0.6) is 0 Å². The number of carbonyl (C=O) groups excluding carboxylic acids is 1. The Bertz CT molecular complexity index is 2220. The molecule has 0 aliphatic carbocycles. The summed E-state index contributed by atoms with van der Waals surface area (Å²) in [5.41, 5.74) is 2.43. The van der Waals surface area contributed by atoms with E-state index in [1.54, 1.807) is 103 Å². The van der Waals surface area contributed by atoms with Gasteiger partial charge < -0.3 is 5.32 Å². The fourth-order valence-electron chi connectivity index (χ4n) is 5.12. The molecule has 0 aliphatic heterocycles. The highest BCUT2D eigenvalue weighted by molar-refractivity contribution is 8.23. The predicted octanol–water partition coefficient (Wildman–Crippen LogP) is 8.65. The lowest BCUT2D eigenvalue weighted by Crippen LogP contribution is -2.13. The van der Waals surface area contributed by atoms with Crippen molar-refractivity contribution in [3.8, 4) is 11.1 Å². The molecule has 234 valence electrons. The molecule has 7 rings (SSSR count). The summed E-state index contributed by atoms with van der Waals surface area (Å²) in [5.74, 6) is -0.301. The minimum absolute atomic E-state index is 0.175. The van der Waals surface area contributed by atoms with Crippen LogP contribution >= 0.6 is 44.5 Å². The van der Waals surface area contributed by atoms with Crippen molar-refractivity contribution in [3.63, 3.8) is 0 Å². The van der Waals surface area contributed by atoms with Gasteiger partial charge >= 0.3 is 0 Å². The summed E-state index contributed by atoms with van der Waals surface area (Å²) in [6.45, 7) is 0. The van der Waals surface area contributed by atoms with Gasteiger partial charge in [-0.1, -0.05) is 57.9 Å². The maximum absolute atomic E-state index is 13.3. The fourth-order valence-corrected chi connectivity index (χ4v) is 8.68. The van der Waals surface area contributed by atoms with Gasteiger partial charge in [0, 0.05) is 28.5 Å². The van der Waals surface area contributed by atoms with E-state index in [0.29, 0.717) is 48.7 Å². The molecule has 4 heterocycles. The summed E-state index contributed by atoms with van der Waals surface area (Å²) in [7, 11) is -7.07. The third-order valence-electron chi connectivity index (χ3n) is 7.30. The van der Waals surface area contributed by atoms with Crippen LogP contribution in [0.1, 0.15) is 15.5 Å². The molecule has 5 N–H and O–H groups in total. The van der Waals surface area contributed by atoms with E-state index < -0.39 is 27.5 Å². The number of benzene rings is 3. The molecule has 0 bridgehead atoms. The standard InChI is InChI=1S/C31H25ClN6O5S3/c32-17-29-35-27(19-44-29)31(39)36-26-15-20(16-28-25(26)18-34-38(28)46(42,43)22-9-5-2-6-10-22)23-11-13-33-30-24(23)12-14-37(30)45(40,41)21-7-3-1-4-8-21/h1-16,18-19,40-43H,17H2,(H,36,39). The molecule has 3 aromatic carbocycles. The maximum atomic E-state index is 13.3. The van der Waals surface area contributed by atoms with Crippen LogP contribution in [0, 0.1) is 0 Å². The second kappa shape index (κ2) is 11.8. The van der Waals surface area contributed by atoms with Gasteiger partial charge in [0.2, 0.25) is 0 Å². The van der Waals surface area contributed by atoms with Crippen molar-refractivity contribution >= 4 is 78.0 Å². The zero-order valence-corrected chi connectivity index (χ0v) is 26.8. The molecule has 0 aliphatic rings. The minimum atomic E-state index is -3.62. The maximum Gasteiger partial charge on any atom is 0.275 e.